The smallest absolute Gasteiger partial charge is 0.208 e. The number of aryl methyl sites for hydroxylation is 6. The minimum absolute atomic E-state index is 0. The van der Waals surface area contributed by atoms with E-state index in [0.717, 1.165) is 0 Å². The molecule has 2 rings (SSSR count). The van der Waals surface area contributed by atoms with Crippen LogP contribution in [0.15, 0.2) is 24.3 Å². The summed E-state index contributed by atoms with van der Waals surface area (Å²) in [6.07, 6.45) is 0. The monoisotopic (exact) mass is 262 g/mol. The summed E-state index contributed by atoms with van der Waals surface area (Å²) < 4.78 is 0. The van der Waals surface area contributed by atoms with Gasteiger partial charge in [-0.15, -0.1) is 0 Å². The van der Waals surface area contributed by atoms with Gasteiger partial charge in [0.2, 0.25) is 0 Å². The average molecular weight is 262 g/mol. The molecule has 17 heavy (non-hydrogen) atoms. The third-order valence-corrected chi connectivity index (χ3v) is 3.02. The van der Waals surface area contributed by atoms with E-state index in [1.807, 2.05) is 0 Å². The van der Waals surface area contributed by atoms with Crippen LogP contribution < -0.4 is 0 Å². The van der Waals surface area contributed by atoms with Crippen molar-refractivity contribution in [2.45, 2.75) is 41.5 Å². The van der Waals surface area contributed by atoms with Crippen LogP contribution in [0.1, 0.15) is 33.4 Å². The van der Waals surface area contributed by atoms with E-state index in [0.29, 0.717) is 0 Å². The van der Waals surface area contributed by atoms with Gasteiger partial charge in [0.1, 0.15) is 0 Å². The molecular formula is C16H22Ti. The van der Waals surface area contributed by atoms with Crippen LogP contribution in [0.4, 0.5) is 0 Å². The number of rotatable bonds is 0. The molecule has 0 radical (unpaired) electrons. The Bertz CT molecular complexity index is 375. The van der Waals surface area contributed by atoms with Crippen LogP contribution in [0.3, 0.4) is 0 Å². The molecule has 1 heteroatoms. The van der Waals surface area contributed by atoms with Crippen LogP contribution in [0.2, 0.25) is 0 Å². The van der Waals surface area contributed by atoms with Gasteiger partial charge in [-0.3, -0.25) is 0 Å². The minimum atomic E-state index is 0. The van der Waals surface area contributed by atoms with Crippen molar-refractivity contribution in [2.75, 3.05) is 0 Å². The molecule has 0 spiro atoms. The van der Waals surface area contributed by atoms with Gasteiger partial charge in [-0.1, -0.05) is 41.5 Å². The molecule has 2 aromatic carbocycles. The van der Waals surface area contributed by atoms with Crippen molar-refractivity contribution in [3.63, 3.8) is 0 Å². The SMILES string of the molecule is Cc1cc(C)[c-](C)c1.Cc1cc(C)[c-](C)c1.[Ti+2]. The molecule has 0 aliphatic rings. The fourth-order valence-electron chi connectivity index (χ4n) is 1.90. The van der Waals surface area contributed by atoms with E-state index in [4.69, 9.17) is 0 Å². The van der Waals surface area contributed by atoms with Crippen molar-refractivity contribution in [2.24, 2.45) is 0 Å². The summed E-state index contributed by atoms with van der Waals surface area (Å²) in [5.41, 5.74) is 8.37. The molecule has 0 saturated heterocycles. The topological polar surface area (TPSA) is 0 Å². The van der Waals surface area contributed by atoms with Gasteiger partial charge in [-0.25, -0.2) is 23.3 Å². The molecule has 0 aliphatic heterocycles. The maximum Gasteiger partial charge on any atom is 2.00 e. The Labute approximate surface area is 121 Å². The van der Waals surface area contributed by atoms with E-state index >= 15 is 0 Å². The van der Waals surface area contributed by atoms with Crippen LogP contribution in [0, 0.1) is 41.5 Å². The molecule has 0 fully saturated rings. The van der Waals surface area contributed by atoms with Gasteiger partial charge in [0.15, 0.2) is 0 Å². The molecule has 0 atom stereocenters. The van der Waals surface area contributed by atoms with Crippen molar-refractivity contribution in [3.05, 3.63) is 57.6 Å². The standard InChI is InChI=1S/2C8H11.Ti/c2*1-6-4-7(2)8(3)5-6;/h2*4-5H,1-3H3;/q2*-1;+2. The van der Waals surface area contributed by atoms with Crippen LogP contribution in [-0.4, -0.2) is 0 Å². The van der Waals surface area contributed by atoms with E-state index in [1.54, 1.807) is 0 Å². The first-order valence-corrected chi connectivity index (χ1v) is 5.81. The van der Waals surface area contributed by atoms with Crippen molar-refractivity contribution in [1.29, 1.82) is 0 Å². The molecule has 0 nitrogen and oxygen atoms in total. The zero-order valence-corrected chi connectivity index (χ0v) is 13.4. The van der Waals surface area contributed by atoms with Crippen LogP contribution in [0.5, 0.6) is 0 Å². The van der Waals surface area contributed by atoms with E-state index < -0.39 is 0 Å². The summed E-state index contributed by atoms with van der Waals surface area (Å²) in [5.74, 6) is 0. The summed E-state index contributed by atoms with van der Waals surface area (Å²) in [7, 11) is 0. The van der Waals surface area contributed by atoms with Crippen LogP contribution in [-0.2, 0) is 21.7 Å². The van der Waals surface area contributed by atoms with Crippen LogP contribution in [0.25, 0.3) is 0 Å². The van der Waals surface area contributed by atoms with Gasteiger partial charge >= 0.3 is 21.7 Å². The summed E-state index contributed by atoms with van der Waals surface area (Å²) in [5, 5.41) is 0. The second kappa shape index (κ2) is 6.98. The van der Waals surface area contributed by atoms with E-state index in [-0.39, 0.29) is 21.7 Å². The van der Waals surface area contributed by atoms with Crippen molar-refractivity contribution < 1.29 is 21.7 Å². The third-order valence-electron chi connectivity index (χ3n) is 3.02. The van der Waals surface area contributed by atoms with Gasteiger partial charge in [-0.05, 0) is 0 Å². The van der Waals surface area contributed by atoms with Gasteiger partial charge in [0.25, 0.3) is 0 Å². The largest absolute Gasteiger partial charge is 2.00 e. The first kappa shape index (κ1) is 16.4. The van der Waals surface area contributed by atoms with Gasteiger partial charge in [-0.2, -0.15) is 34.4 Å². The molecule has 0 aliphatic carbocycles. The van der Waals surface area contributed by atoms with E-state index in [1.165, 1.54) is 33.4 Å². The Morgan fingerprint density at radius 2 is 1.00 bits per heavy atom. The Morgan fingerprint density at radius 1 is 0.706 bits per heavy atom. The zero-order chi connectivity index (χ0) is 12.3. The molecule has 0 N–H and O–H groups in total. The van der Waals surface area contributed by atoms with E-state index in [9.17, 15) is 0 Å². The quantitative estimate of drug-likeness (QED) is 0.478. The van der Waals surface area contributed by atoms with Gasteiger partial charge in [0, 0.05) is 0 Å². The first-order chi connectivity index (χ1) is 7.40. The molecular weight excluding hydrogens is 240 g/mol. The summed E-state index contributed by atoms with van der Waals surface area (Å²) in [4.78, 5) is 0. The molecule has 0 amide bonds. The predicted octanol–water partition coefficient (Wildman–Crippen LogP) is 4.66. The zero-order valence-electron chi connectivity index (χ0n) is 11.8. The van der Waals surface area contributed by atoms with Crippen molar-refractivity contribution in [3.8, 4) is 0 Å². The molecule has 2 aromatic rings. The first-order valence-electron chi connectivity index (χ1n) is 5.81. The third kappa shape index (κ3) is 5.06. The predicted molar refractivity (Wildman–Crippen MR) is 72.5 cm³/mol. The van der Waals surface area contributed by atoms with Crippen molar-refractivity contribution >= 4 is 0 Å². The Kier molecular flexibility index (Phi) is 6.74. The van der Waals surface area contributed by atoms with Gasteiger partial charge < -0.3 is 0 Å². The second-order valence-electron chi connectivity index (χ2n) is 4.80. The molecule has 0 saturated carbocycles. The fourth-order valence-corrected chi connectivity index (χ4v) is 1.90. The average Bonchev–Trinajstić information content (AvgIpc) is 2.58. The molecule has 0 bridgehead atoms. The Morgan fingerprint density at radius 3 is 1.06 bits per heavy atom. The minimum Gasteiger partial charge on any atom is -0.208 e. The Hall–Kier alpha value is -0.586. The molecule has 0 heterocycles. The molecule has 0 aromatic heterocycles. The molecule has 90 valence electrons. The fraction of sp³-hybridized carbons (Fsp3) is 0.375. The van der Waals surface area contributed by atoms with E-state index in [2.05, 4.69) is 65.8 Å². The second-order valence-corrected chi connectivity index (χ2v) is 4.80. The normalized spacial score (nSPS) is 9.29. The number of hydrogen-bond donors (Lipinski definition) is 0. The molecule has 0 unspecified atom stereocenters. The van der Waals surface area contributed by atoms with Gasteiger partial charge in [0.05, 0.1) is 0 Å². The van der Waals surface area contributed by atoms with Crippen molar-refractivity contribution in [1.82, 2.24) is 0 Å². The summed E-state index contributed by atoms with van der Waals surface area (Å²) >= 11 is 0. The number of hydrogen-bond acceptors (Lipinski definition) is 0. The Balaban J connectivity index is 0.000000284. The van der Waals surface area contributed by atoms with Crippen LogP contribution >= 0.6 is 0 Å². The maximum atomic E-state index is 2.20. The summed E-state index contributed by atoms with van der Waals surface area (Å²) in [6, 6.07) is 8.81. The maximum absolute atomic E-state index is 2.20. The summed E-state index contributed by atoms with van der Waals surface area (Å²) in [6.45, 7) is 12.8.